The number of likely N-dealkylation sites (N-methyl/N-ethyl adjacent to an activating group) is 1. The molecule has 0 N–H and O–H groups in total. The molecular weight excluding hydrogens is 373 g/mol. The van der Waals surface area contributed by atoms with Gasteiger partial charge in [-0.1, -0.05) is 43.5 Å². The van der Waals surface area contributed by atoms with Crippen molar-refractivity contribution < 1.29 is 3.07 Å². The van der Waals surface area contributed by atoms with Crippen LogP contribution in [0.25, 0.3) is 0 Å². The molecule has 0 aromatic rings. The van der Waals surface area contributed by atoms with Crippen LogP contribution in [0.2, 0.25) is 0 Å². The highest BCUT2D eigenvalue weighted by Crippen LogP contribution is 2.22. The molecule has 2 nitrogen and oxygen atoms in total. The Morgan fingerprint density at radius 3 is 2.33 bits per heavy atom. The highest BCUT2D eigenvalue weighted by Gasteiger charge is 2.12. The maximum Gasteiger partial charge on any atom is 0.192 e. The van der Waals surface area contributed by atoms with Gasteiger partial charge in [-0.05, 0) is 39.3 Å². The zero-order valence-corrected chi connectivity index (χ0v) is 15.7. The van der Waals surface area contributed by atoms with Gasteiger partial charge in [0.25, 0.3) is 0 Å². The van der Waals surface area contributed by atoms with Crippen molar-refractivity contribution in [2.45, 2.75) is 27.7 Å². The Kier molecular flexibility index (Phi) is 10.8. The monoisotopic (exact) mass is 399 g/mol. The van der Waals surface area contributed by atoms with Crippen molar-refractivity contribution in [3.05, 3.63) is 72.2 Å². The summed E-state index contributed by atoms with van der Waals surface area (Å²) < 4.78 is 5.53. The van der Waals surface area contributed by atoms with Crippen LogP contribution in [0.15, 0.2) is 72.2 Å². The molecule has 0 aliphatic heterocycles. The lowest BCUT2D eigenvalue weighted by atomic mass is 10.1. The van der Waals surface area contributed by atoms with Crippen LogP contribution in [0.3, 0.4) is 0 Å². The third-order valence-electron chi connectivity index (χ3n) is 3.08. The van der Waals surface area contributed by atoms with Crippen molar-refractivity contribution in [1.82, 2.24) is 4.90 Å². The van der Waals surface area contributed by atoms with E-state index in [2.05, 4.69) is 37.1 Å². The number of hydrogen-bond acceptors (Lipinski definition) is 2. The second kappa shape index (κ2) is 11.4. The van der Waals surface area contributed by atoms with Crippen LogP contribution in [-0.4, -0.2) is 18.0 Å². The number of rotatable bonds is 9. The quantitative estimate of drug-likeness (QED) is 0.279. The Bertz CT molecular complexity index is 470. The second-order valence-corrected chi connectivity index (χ2v) is 4.89. The lowest BCUT2D eigenvalue weighted by molar-refractivity contribution is 0.400. The van der Waals surface area contributed by atoms with Gasteiger partial charge in [-0.3, -0.25) is 0 Å². The van der Waals surface area contributed by atoms with Crippen molar-refractivity contribution in [2.75, 3.05) is 13.1 Å². The predicted molar refractivity (Wildman–Crippen MR) is 102 cm³/mol. The summed E-state index contributed by atoms with van der Waals surface area (Å²) in [5.74, 6) is 0.847. The minimum absolute atomic E-state index is 0.755. The summed E-state index contributed by atoms with van der Waals surface area (Å²) in [5, 5.41) is 0. The van der Waals surface area contributed by atoms with Gasteiger partial charge in [-0.25, -0.2) is 0 Å². The molecule has 0 bridgehead atoms. The largest absolute Gasteiger partial charge is 0.427 e. The predicted octanol–water partition coefficient (Wildman–Crippen LogP) is 5.73. The van der Waals surface area contributed by atoms with Gasteiger partial charge in [-0.15, -0.1) is 0 Å². The van der Waals surface area contributed by atoms with E-state index in [0.717, 1.165) is 30.0 Å². The van der Waals surface area contributed by atoms with Gasteiger partial charge in [-0.2, -0.15) is 0 Å². The van der Waals surface area contributed by atoms with Crippen LogP contribution in [0.4, 0.5) is 0 Å². The summed E-state index contributed by atoms with van der Waals surface area (Å²) >= 11 is 1.92. The van der Waals surface area contributed by atoms with Crippen LogP contribution < -0.4 is 0 Å². The topological polar surface area (TPSA) is 12.5 Å². The molecule has 0 saturated carbocycles. The second-order valence-electron chi connectivity index (χ2n) is 4.45. The van der Waals surface area contributed by atoms with E-state index in [1.807, 2.05) is 62.0 Å². The molecule has 0 saturated heterocycles. The van der Waals surface area contributed by atoms with Crippen molar-refractivity contribution in [1.29, 1.82) is 0 Å². The van der Waals surface area contributed by atoms with Crippen molar-refractivity contribution in [2.24, 2.45) is 0 Å². The van der Waals surface area contributed by atoms with E-state index in [0.29, 0.717) is 0 Å². The zero-order valence-electron chi connectivity index (χ0n) is 13.5. The molecule has 0 aromatic heterocycles. The Hall–Kier alpha value is -1.23. The summed E-state index contributed by atoms with van der Waals surface area (Å²) in [6, 6.07) is 0. The fourth-order valence-corrected chi connectivity index (χ4v) is 2.62. The molecule has 0 unspecified atom stereocenters. The first-order valence-corrected chi connectivity index (χ1v) is 7.95. The van der Waals surface area contributed by atoms with E-state index in [1.54, 1.807) is 6.08 Å². The molecule has 0 amide bonds. The number of nitrogens with zero attached hydrogens (tertiary/aromatic N) is 1. The van der Waals surface area contributed by atoms with Gasteiger partial charge in [0.2, 0.25) is 0 Å². The maximum atomic E-state index is 5.53. The fraction of sp³-hybridized carbons (Fsp3) is 0.333. The van der Waals surface area contributed by atoms with Gasteiger partial charge in [0.15, 0.2) is 23.0 Å². The van der Waals surface area contributed by atoms with E-state index < -0.39 is 0 Å². The lowest BCUT2D eigenvalue weighted by Gasteiger charge is -2.25. The number of hydrogen-bond donors (Lipinski definition) is 0. The summed E-state index contributed by atoms with van der Waals surface area (Å²) in [6.07, 6.45) is 11.8. The van der Waals surface area contributed by atoms with Crippen LogP contribution in [-0.2, 0) is 3.07 Å². The molecule has 0 rings (SSSR count). The molecule has 0 fully saturated rings. The standard InChI is InChI=1S/C18H26INO/c1-7-12-15(6)18(21-19)16(9-3)14-20(11-5)17(10-4)13-8-2/h7-10,12-13H,1,3,11,14H2,2,4-6H3/b13-8-,15-12-,17-10+,18-16-. The first-order chi connectivity index (χ1) is 10.1. The Labute approximate surface area is 143 Å². The van der Waals surface area contributed by atoms with Crippen molar-refractivity contribution in [3.8, 4) is 0 Å². The van der Waals surface area contributed by atoms with Crippen molar-refractivity contribution >= 4 is 23.0 Å². The third kappa shape index (κ3) is 6.38. The molecule has 0 aliphatic rings. The summed E-state index contributed by atoms with van der Waals surface area (Å²) in [6.45, 7) is 17.6. The van der Waals surface area contributed by atoms with Crippen LogP contribution in [0.1, 0.15) is 27.7 Å². The third-order valence-corrected chi connectivity index (χ3v) is 3.52. The summed E-state index contributed by atoms with van der Waals surface area (Å²) in [7, 11) is 0. The Morgan fingerprint density at radius 1 is 1.29 bits per heavy atom. The highest BCUT2D eigenvalue weighted by atomic mass is 127. The van der Waals surface area contributed by atoms with E-state index in [9.17, 15) is 0 Å². The molecule has 0 atom stereocenters. The van der Waals surface area contributed by atoms with Crippen LogP contribution >= 0.6 is 23.0 Å². The van der Waals surface area contributed by atoms with Crippen LogP contribution in [0, 0.1) is 0 Å². The number of halogens is 1. The molecular formula is C18H26INO. The molecule has 116 valence electrons. The van der Waals surface area contributed by atoms with E-state index >= 15 is 0 Å². The average Bonchev–Trinajstić information content (AvgIpc) is 2.49. The smallest absolute Gasteiger partial charge is 0.192 e. The summed E-state index contributed by atoms with van der Waals surface area (Å²) in [4.78, 5) is 2.29. The highest BCUT2D eigenvalue weighted by molar-refractivity contribution is 14.1. The van der Waals surface area contributed by atoms with E-state index in [4.69, 9.17) is 3.07 Å². The van der Waals surface area contributed by atoms with Gasteiger partial charge < -0.3 is 7.97 Å². The molecule has 0 aliphatic carbocycles. The molecule has 0 spiro atoms. The van der Waals surface area contributed by atoms with Gasteiger partial charge >= 0.3 is 0 Å². The molecule has 0 heterocycles. The van der Waals surface area contributed by atoms with E-state index in [1.165, 1.54) is 5.70 Å². The number of allylic oxidation sites excluding steroid dienone is 6. The molecule has 0 aromatic carbocycles. The fourth-order valence-electron chi connectivity index (χ4n) is 1.99. The normalized spacial score (nSPS) is 14.0. The Balaban J connectivity index is 5.58. The van der Waals surface area contributed by atoms with Crippen molar-refractivity contribution in [3.63, 3.8) is 0 Å². The SMILES string of the molecule is C=C/C=C(C)\C(OI)=C(/C=C)CN(CC)C(/C=C\C)=C/C. The minimum Gasteiger partial charge on any atom is -0.427 e. The van der Waals surface area contributed by atoms with E-state index in [-0.39, 0.29) is 0 Å². The van der Waals surface area contributed by atoms with Gasteiger partial charge in [0, 0.05) is 24.4 Å². The lowest BCUT2D eigenvalue weighted by Crippen LogP contribution is -2.24. The zero-order chi connectivity index (χ0) is 16.3. The minimum atomic E-state index is 0.755. The summed E-state index contributed by atoms with van der Waals surface area (Å²) in [5.41, 5.74) is 3.29. The van der Waals surface area contributed by atoms with Crippen LogP contribution in [0.5, 0.6) is 0 Å². The molecule has 0 radical (unpaired) electrons. The molecule has 21 heavy (non-hydrogen) atoms. The Morgan fingerprint density at radius 2 is 1.95 bits per heavy atom. The first-order valence-electron chi connectivity index (χ1n) is 7.07. The first kappa shape index (κ1) is 19.8. The maximum absolute atomic E-state index is 5.53. The van der Waals surface area contributed by atoms with Gasteiger partial charge in [0.1, 0.15) is 5.76 Å². The van der Waals surface area contributed by atoms with Gasteiger partial charge in [0.05, 0.1) is 0 Å². The average molecular weight is 399 g/mol. The molecule has 3 heteroatoms.